The molecule has 0 radical (unpaired) electrons. The van der Waals surface area contributed by atoms with Gasteiger partial charge in [-0.2, -0.15) is 0 Å². The van der Waals surface area contributed by atoms with Gasteiger partial charge in [0.2, 0.25) is 0 Å². The summed E-state index contributed by atoms with van der Waals surface area (Å²) in [5, 5.41) is 0. The van der Waals surface area contributed by atoms with Crippen LogP contribution in [0.1, 0.15) is 33.1 Å². The largest absolute Gasteiger partial charge is 0.340 e. The van der Waals surface area contributed by atoms with Gasteiger partial charge in [0.15, 0.2) is 0 Å². The Hall–Kier alpha value is -1.40. The lowest BCUT2D eigenvalue weighted by atomic mass is 10.1. The molecule has 0 saturated carbocycles. The van der Waals surface area contributed by atoms with E-state index in [1.165, 1.54) is 38.8 Å². The van der Waals surface area contributed by atoms with E-state index < -0.39 is 0 Å². The van der Waals surface area contributed by atoms with Crippen molar-refractivity contribution in [3.63, 3.8) is 0 Å². The van der Waals surface area contributed by atoms with Gasteiger partial charge < -0.3 is 9.38 Å². The second-order valence-electron chi connectivity index (χ2n) is 5.88. The summed E-state index contributed by atoms with van der Waals surface area (Å²) in [6.45, 7) is 3.28. The van der Waals surface area contributed by atoms with Crippen molar-refractivity contribution in [2.75, 3.05) is 47.8 Å². The molecule has 0 aromatic heterocycles. The summed E-state index contributed by atoms with van der Waals surface area (Å²) in [6, 6.07) is 0. The van der Waals surface area contributed by atoms with E-state index in [1.807, 2.05) is 0 Å². The summed E-state index contributed by atoms with van der Waals surface area (Å²) in [7, 11) is 8.85. The molecule has 112 valence electrons. The predicted molar refractivity (Wildman–Crippen MR) is 89.1 cm³/mol. The number of hydrogen-bond acceptors (Lipinski definition) is 0. The first-order chi connectivity index (χ1) is 8.98. The lowest BCUT2D eigenvalue weighted by Gasteiger charge is -2.27. The Balaban J connectivity index is 0. The Bertz CT molecular complexity index is 391. The van der Waals surface area contributed by atoms with Crippen LogP contribution >= 0.6 is 0 Å². The van der Waals surface area contributed by atoms with Crippen molar-refractivity contribution in [2.45, 2.75) is 33.1 Å². The molecule has 0 unspecified atom stereocenters. The van der Waals surface area contributed by atoms with Gasteiger partial charge >= 0.3 is 0 Å². The van der Waals surface area contributed by atoms with Crippen molar-refractivity contribution >= 4 is 0 Å². The Morgan fingerprint density at radius 3 is 2.20 bits per heavy atom. The number of quaternary nitrogens is 2. The minimum absolute atomic E-state index is 0. The molecule has 0 aromatic carbocycles. The first kappa shape index (κ1) is 20.9. The van der Waals surface area contributed by atoms with E-state index in [-0.39, 0.29) is 7.43 Å². The molecule has 0 aliphatic rings. The molecule has 0 amide bonds. The smallest absolute Gasteiger partial charge is 0.141 e. The van der Waals surface area contributed by atoms with Crippen LogP contribution in [0, 0.1) is 36.0 Å². The molecule has 0 aliphatic heterocycles. The molecule has 20 heavy (non-hydrogen) atoms. The third-order valence-electron chi connectivity index (χ3n) is 2.98. The van der Waals surface area contributed by atoms with Crippen LogP contribution in [0.2, 0.25) is 0 Å². The monoisotopic (exact) mass is 276 g/mol. The van der Waals surface area contributed by atoms with Crippen LogP contribution in [0.25, 0.3) is 0 Å². The molecule has 0 rings (SSSR count). The second-order valence-corrected chi connectivity index (χ2v) is 5.88. The molecule has 0 aliphatic carbocycles. The molecule has 0 heterocycles. The third-order valence-corrected chi connectivity index (χ3v) is 2.98. The maximum Gasteiger partial charge on any atom is 0.141 e. The van der Waals surface area contributed by atoms with E-state index in [9.17, 15) is 0 Å². The average Bonchev–Trinajstić information content (AvgIpc) is 2.33. The minimum atomic E-state index is 0. The normalized spacial score (nSPS) is 9.60. The lowest BCUT2D eigenvalue weighted by Crippen LogP contribution is -3.05. The number of terminal acetylenes is 1. The van der Waals surface area contributed by atoms with Crippen molar-refractivity contribution in [1.29, 1.82) is 0 Å². The number of unbranched alkanes of at least 4 members (excludes halogenated alkanes) is 3. The van der Waals surface area contributed by atoms with E-state index in [1.54, 1.807) is 4.90 Å². The van der Waals surface area contributed by atoms with E-state index in [4.69, 9.17) is 6.42 Å². The Labute approximate surface area is 127 Å². The first-order valence-corrected chi connectivity index (χ1v) is 7.02. The van der Waals surface area contributed by atoms with Gasteiger partial charge in [-0.1, -0.05) is 7.43 Å². The summed E-state index contributed by atoms with van der Waals surface area (Å²) in [4.78, 5) is 1.54. The highest BCUT2D eigenvalue weighted by Crippen LogP contribution is 2.04. The van der Waals surface area contributed by atoms with Gasteiger partial charge in [0.1, 0.15) is 6.54 Å². The summed E-state index contributed by atoms with van der Waals surface area (Å²) >= 11 is 0. The number of nitrogens with one attached hydrogen (secondary N) is 1. The first-order valence-electron chi connectivity index (χ1n) is 7.02. The predicted octanol–water partition coefficient (Wildman–Crippen LogP) is 1.04. The van der Waals surface area contributed by atoms with E-state index in [0.717, 1.165) is 11.0 Å². The van der Waals surface area contributed by atoms with Crippen LogP contribution < -0.4 is 4.90 Å². The zero-order valence-corrected chi connectivity index (χ0v) is 13.0. The highest BCUT2D eigenvalue weighted by molar-refractivity contribution is 5.33. The zero-order valence-electron chi connectivity index (χ0n) is 13.0. The standard InChI is InChI=1S/C17H27N2.CH4/c1-6-7-8-10-13-16-19(4,5)17-14-11-9-12-15-18(2)3;/h1H,9,11-12,14-17H2,2-5H3;1H4/q+1;/p+1. The van der Waals surface area contributed by atoms with Crippen molar-refractivity contribution in [3.8, 4) is 36.0 Å². The molecule has 0 saturated heterocycles. The van der Waals surface area contributed by atoms with Crippen LogP contribution in [-0.2, 0) is 0 Å². The highest BCUT2D eigenvalue weighted by atomic mass is 15.3. The molecular weight excluding hydrogens is 244 g/mol. The maximum atomic E-state index is 5.02. The van der Waals surface area contributed by atoms with E-state index in [2.05, 4.69) is 57.8 Å². The molecule has 0 bridgehead atoms. The van der Waals surface area contributed by atoms with Crippen LogP contribution in [0.15, 0.2) is 0 Å². The SMILES string of the molecule is C.C#CC#CC#CC[N+](C)(C)CCCCCC[NH+](C)C. The van der Waals surface area contributed by atoms with Gasteiger partial charge in [-0.05, 0) is 55.3 Å². The molecular formula is C18H32N2+2. The van der Waals surface area contributed by atoms with Crippen LogP contribution in [0.4, 0.5) is 0 Å². The Morgan fingerprint density at radius 1 is 0.950 bits per heavy atom. The van der Waals surface area contributed by atoms with Crippen LogP contribution in [-0.4, -0.2) is 52.3 Å². The van der Waals surface area contributed by atoms with Crippen LogP contribution in [0.3, 0.4) is 0 Å². The fourth-order valence-corrected chi connectivity index (χ4v) is 1.82. The summed E-state index contributed by atoms with van der Waals surface area (Å²) in [5.41, 5.74) is 0. The molecule has 0 atom stereocenters. The van der Waals surface area contributed by atoms with Crippen molar-refractivity contribution in [1.82, 2.24) is 0 Å². The minimum Gasteiger partial charge on any atom is -0.340 e. The number of rotatable bonds is 8. The quantitative estimate of drug-likeness (QED) is 0.384. The van der Waals surface area contributed by atoms with Gasteiger partial charge in [0, 0.05) is 0 Å². The topological polar surface area (TPSA) is 4.44 Å². The van der Waals surface area contributed by atoms with Crippen molar-refractivity contribution in [3.05, 3.63) is 0 Å². The van der Waals surface area contributed by atoms with E-state index >= 15 is 0 Å². The van der Waals surface area contributed by atoms with Crippen LogP contribution in [0.5, 0.6) is 0 Å². The van der Waals surface area contributed by atoms with Gasteiger partial charge in [-0.15, -0.1) is 6.42 Å². The van der Waals surface area contributed by atoms with Gasteiger partial charge in [0.25, 0.3) is 0 Å². The molecule has 2 nitrogen and oxygen atoms in total. The lowest BCUT2D eigenvalue weighted by molar-refractivity contribution is -0.883. The van der Waals surface area contributed by atoms with Crippen molar-refractivity contribution in [2.24, 2.45) is 0 Å². The zero-order chi connectivity index (χ0) is 14.6. The number of nitrogens with zero attached hydrogens (tertiary/aromatic N) is 1. The maximum absolute atomic E-state index is 5.02. The third kappa shape index (κ3) is 14.7. The Morgan fingerprint density at radius 2 is 1.60 bits per heavy atom. The van der Waals surface area contributed by atoms with Gasteiger partial charge in [0.05, 0.1) is 41.3 Å². The van der Waals surface area contributed by atoms with Gasteiger partial charge in [-0.25, -0.2) is 0 Å². The second kappa shape index (κ2) is 12.6. The molecule has 0 spiro atoms. The molecule has 2 heteroatoms. The highest BCUT2D eigenvalue weighted by Gasteiger charge is 2.11. The fraction of sp³-hybridized carbons (Fsp3) is 0.667. The summed E-state index contributed by atoms with van der Waals surface area (Å²) < 4.78 is 0.934. The van der Waals surface area contributed by atoms with Gasteiger partial charge in [-0.3, -0.25) is 0 Å². The fourth-order valence-electron chi connectivity index (χ4n) is 1.82. The number of hydrogen-bond donors (Lipinski definition) is 1. The molecule has 0 aromatic rings. The van der Waals surface area contributed by atoms with E-state index in [0.29, 0.717) is 0 Å². The molecule has 1 N–H and O–H groups in total. The molecule has 0 fully saturated rings. The summed E-state index contributed by atoms with van der Waals surface area (Å²) in [6.07, 6.45) is 10.3. The van der Waals surface area contributed by atoms with Crippen molar-refractivity contribution < 1.29 is 9.38 Å². The Kier molecular flexibility index (Phi) is 13.2. The summed E-state index contributed by atoms with van der Waals surface area (Å²) in [5.74, 6) is 13.3. The average molecular weight is 276 g/mol.